The Balaban J connectivity index is 0.00000280. The Kier molecular flexibility index (Phi) is 9.70. The second-order valence-corrected chi connectivity index (χ2v) is 8.05. The number of nitrogens with zero attached hydrogens (tertiary/aromatic N) is 3. The smallest absolute Gasteiger partial charge is 0.191 e. The zero-order valence-electron chi connectivity index (χ0n) is 17.1. The second-order valence-electron chi connectivity index (χ2n) is 6.88. The molecule has 0 saturated carbocycles. The Hall–Kier alpha value is -1.16. The van der Waals surface area contributed by atoms with Gasteiger partial charge in [-0.2, -0.15) is 0 Å². The van der Waals surface area contributed by atoms with Crippen LogP contribution in [0.3, 0.4) is 0 Å². The van der Waals surface area contributed by atoms with E-state index in [1.807, 2.05) is 11.3 Å². The molecule has 3 rings (SSSR count). The first-order valence-corrected chi connectivity index (χ1v) is 10.9. The Morgan fingerprint density at radius 2 is 2.00 bits per heavy atom. The number of aliphatic imine (C=N–C) groups is 1. The van der Waals surface area contributed by atoms with Gasteiger partial charge in [0.1, 0.15) is 5.76 Å². The van der Waals surface area contributed by atoms with E-state index in [1.54, 1.807) is 7.05 Å². The van der Waals surface area contributed by atoms with Crippen LogP contribution in [0.2, 0.25) is 0 Å². The lowest BCUT2D eigenvalue weighted by Crippen LogP contribution is -2.37. The Morgan fingerprint density at radius 3 is 2.71 bits per heavy atom. The first-order valence-electron chi connectivity index (χ1n) is 10.1. The highest BCUT2D eigenvalue weighted by atomic mass is 127. The lowest BCUT2D eigenvalue weighted by atomic mass is 10.0. The summed E-state index contributed by atoms with van der Waals surface area (Å²) in [7, 11) is 1.80. The molecule has 2 heterocycles. The topological polar surface area (TPSA) is 75.3 Å². The highest BCUT2D eigenvalue weighted by Gasteiger charge is 2.15. The van der Waals surface area contributed by atoms with Crippen LogP contribution in [0.25, 0.3) is 0 Å². The highest BCUT2D eigenvalue weighted by Crippen LogP contribution is 2.27. The fraction of sp³-hybridized carbons (Fsp3) is 0.650. The van der Waals surface area contributed by atoms with Crippen molar-refractivity contribution in [3.8, 4) is 0 Å². The van der Waals surface area contributed by atoms with Crippen molar-refractivity contribution in [3.63, 3.8) is 0 Å². The van der Waals surface area contributed by atoms with Crippen molar-refractivity contribution in [3.05, 3.63) is 32.6 Å². The molecule has 156 valence electrons. The average molecular weight is 517 g/mol. The van der Waals surface area contributed by atoms with E-state index in [0.29, 0.717) is 6.54 Å². The standard InChI is InChI=1S/C20H31N5OS.HI/c1-4-15-14(17(5-2)26-25-15)13-23-20(21-3)22-12-8-11-19-24-16-9-6-7-10-18(16)27-19;/h4-13H2,1-3H3,(H2,21,22,23);1H. The van der Waals surface area contributed by atoms with Gasteiger partial charge in [-0.05, 0) is 38.5 Å². The summed E-state index contributed by atoms with van der Waals surface area (Å²) in [6.07, 6.45) is 8.84. The van der Waals surface area contributed by atoms with Gasteiger partial charge < -0.3 is 15.2 Å². The summed E-state index contributed by atoms with van der Waals surface area (Å²) in [5.74, 6) is 1.78. The predicted octanol–water partition coefficient (Wildman–Crippen LogP) is 4.05. The Morgan fingerprint density at radius 1 is 1.18 bits per heavy atom. The average Bonchev–Trinajstić information content (AvgIpc) is 3.30. The number of nitrogens with one attached hydrogen (secondary N) is 2. The number of fused-ring (bicyclic) bond motifs is 1. The van der Waals surface area contributed by atoms with E-state index < -0.39 is 0 Å². The van der Waals surface area contributed by atoms with E-state index in [-0.39, 0.29) is 24.0 Å². The van der Waals surface area contributed by atoms with Gasteiger partial charge in [-0.3, -0.25) is 4.99 Å². The number of thiazole rings is 1. The molecule has 0 atom stereocenters. The molecule has 2 aromatic rings. The fourth-order valence-electron chi connectivity index (χ4n) is 3.49. The van der Waals surface area contributed by atoms with E-state index in [4.69, 9.17) is 9.51 Å². The summed E-state index contributed by atoms with van der Waals surface area (Å²) >= 11 is 1.91. The maximum atomic E-state index is 5.43. The summed E-state index contributed by atoms with van der Waals surface area (Å²) in [4.78, 5) is 10.7. The monoisotopic (exact) mass is 517 g/mol. The van der Waals surface area contributed by atoms with Gasteiger partial charge in [0.25, 0.3) is 0 Å². The molecule has 1 aliphatic rings. The molecule has 0 saturated heterocycles. The van der Waals surface area contributed by atoms with Gasteiger partial charge in [-0.15, -0.1) is 35.3 Å². The third-order valence-corrected chi connectivity index (χ3v) is 6.23. The maximum Gasteiger partial charge on any atom is 0.191 e. The summed E-state index contributed by atoms with van der Waals surface area (Å²) < 4.78 is 5.43. The zero-order valence-corrected chi connectivity index (χ0v) is 20.3. The van der Waals surface area contributed by atoms with Gasteiger partial charge in [0.2, 0.25) is 0 Å². The molecule has 0 bridgehead atoms. The first kappa shape index (κ1) is 23.1. The third-order valence-electron chi connectivity index (χ3n) is 5.01. The number of guanidine groups is 1. The molecule has 6 nitrogen and oxygen atoms in total. The predicted molar refractivity (Wildman–Crippen MR) is 126 cm³/mol. The fourth-order valence-corrected chi connectivity index (χ4v) is 4.69. The van der Waals surface area contributed by atoms with Crippen molar-refractivity contribution in [1.82, 2.24) is 20.8 Å². The van der Waals surface area contributed by atoms with E-state index in [0.717, 1.165) is 55.2 Å². The van der Waals surface area contributed by atoms with Crippen LogP contribution in [0, 0.1) is 0 Å². The van der Waals surface area contributed by atoms with Crippen LogP contribution < -0.4 is 10.6 Å². The van der Waals surface area contributed by atoms with Crippen LogP contribution in [-0.4, -0.2) is 29.7 Å². The van der Waals surface area contributed by atoms with Crippen molar-refractivity contribution < 1.29 is 4.52 Å². The molecule has 1 aliphatic carbocycles. The second kappa shape index (κ2) is 11.7. The normalized spacial score (nSPS) is 13.8. The van der Waals surface area contributed by atoms with Gasteiger partial charge in [0.05, 0.1) is 16.4 Å². The van der Waals surface area contributed by atoms with Gasteiger partial charge in [0.15, 0.2) is 5.96 Å². The molecule has 0 radical (unpaired) electrons. The molecule has 2 N–H and O–H groups in total. The van der Waals surface area contributed by atoms with Crippen LogP contribution in [0.4, 0.5) is 0 Å². The molecule has 0 amide bonds. The van der Waals surface area contributed by atoms with Crippen molar-refractivity contribution in [1.29, 1.82) is 0 Å². The lowest BCUT2D eigenvalue weighted by molar-refractivity contribution is 0.380. The minimum atomic E-state index is 0. The SMILES string of the molecule is CCc1noc(CC)c1CNC(=NC)NCCCc1nc2c(s1)CCCC2.I. The molecule has 8 heteroatoms. The van der Waals surface area contributed by atoms with Gasteiger partial charge in [-0.1, -0.05) is 19.0 Å². The minimum absolute atomic E-state index is 0. The third kappa shape index (κ3) is 5.92. The van der Waals surface area contributed by atoms with Crippen LogP contribution >= 0.6 is 35.3 Å². The Bertz CT molecular complexity index is 726. The van der Waals surface area contributed by atoms with Crippen LogP contribution in [-0.2, 0) is 38.6 Å². The van der Waals surface area contributed by atoms with E-state index >= 15 is 0 Å². The number of aryl methyl sites for hydroxylation is 5. The molecule has 0 unspecified atom stereocenters. The van der Waals surface area contributed by atoms with Crippen LogP contribution in [0.5, 0.6) is 0 Å². The number of hydrogen-bond acceptors (Lipinski definition) is 5. The Labute approximate surface area is 189 Å². The molecule has 0 aliphatic heterocycles. The van der Waals surface area contributed by atoms with E-state index in [2.05, 4.69) is 34.6 Å². The highest BCUT2D eigenvalue weighted by molar-refractivity contribution is 14.0. The molecule has 2 aromatic heterocycles. The molecule has 0 aromatic carbocycles. The quantitative estimate of drug-likeness (QED) is 0.239. The van der Waals surface area contributed by atoms with Gasteiger partial charge >= 0.3 is 0 Å². The van der Waals surface area contributed by atoms with Crippen LogP contribution in [0.15, 0.2) is 9.52 Å². The zero-order chi connectivity index (χ0) is 19.1. The summed E-state index contributed by atoms with van der Waals surface area (Å²) in [6.45, 7) is 5.76. The van der Waals surface area contributed by atoms with Crippen molar-refractivity contribution in [2.24, 2.45) is 4.99 Å². The van der Waals surface area contributed by atoms with E-state index in [1.165, 1.54) is 41.3 Å². The van der Waals surface area contributed by atoms with Gasteiger partial charge in [-0.25, -0.2) is 4.98 Å². The number of halogens is 1. The molecule has 28 heavy (non-hydrogen) atoms. The summed E-state index contributed by atoms with van der Waals surface area (Å²) in [5.41, 5.74) is 3.55. The summed E-state index contributed by atoms with van der Waals surface area (Å²) in [6, 6.07) is 0. The van der Waals surface area contributed by atoms with Crippen molar-refractivity contribution in [2.45, 2.75) is 71.8 Å². The molecular weight excluding hydrogens is 485 g/mol. The molecule has 0 spiro atoms. The lowest BCUT2D eigenvalue weighted by Gasteiger charge is -2.12. The minimum Gasteiger partial charge on any atom is -0.361 e. The molecule has 0 fully saturated rings. The number of rotatable bonds is 8. The van der Waals surface area contributed by atoms with Crippen molar-refractivity contribution >= 4 is 41.3 Å². The number of aromatic nitrogens is 2. The number of hydrogen-bond donors (Lipinski definition) is 2. The van der Waals surface area contributed by atoms with Crippen molar-refractivity contribution in [2.75, 3.05) is 13.6 Å². The summed E-state index contributed by atoms with van der Waals surface area (Å²) in [5, 5.41) is 12.2. The maximum absolute atomic E-state index is 5.43. The largest absolute Gasteiger partial charge is 0.361 e. The van der Waals surface area contributed by atoms with Crippen LogP contribution in [0.1, 0.15) is 65.7 Å². The van der Waals surface area contributed by atoms with E-state index in [9.17, 15) is 0 Å². The molecular formula is C20H32IN5OS. The van der Waals surface area contributed by atoms with Gasteiger partial charge in [0, 0.05) is 43.4 Å². The first-order chi connectivity index (χ1) is 13.2.